The molecule has 0 aliphatic rings. The van der Waals surface area contributed by atoms with E-state index in [1.165, 1.54) is 16.6 Å². The number of halogens is 1. The zero-order valence-electron chi connectivity index (χ0n) is 14.0. The van der Waals surface area contributed by atoms with Gasteiger partial charge in [-0.2, -0.15) is 5.10 Å². The fourth-order valence-corrected chi connectivity index (χ4v) is 2.39. The number of aryl methyl sites for hydroxylation is 1. The molecule has 0 saturated heterocycles. The number of nitrogens with zero attached hydrogens (tertiary/aromatic N) is 1. The normalized spacial score (nSPS) is 9.83. The second-order valence-corrected chi connectivity index (χ2v) is 5.26. The lowest BCUT2D eigenvalue weighted by Crippen LogP contribution is -1.97. The molecule has 2 N–H and O–H groups in total. The van der Waals surface area contributed by atoms with E-state index in [0.717, 1.165) is 12.1 Å². The van der Waals surface area contributed by atoms with Crippen molar-refractivity contribution in [1.82, 2.24) is 5.43 Å². The number of ether oxygens (including phenoxy) is 1. The van der Waals surface area contributed by atoms with Gasteiger partial charge in [0.1, 0.15) is 0 Å². The SMILES string of the molecule is CCc1ccccc1/C=N/NC.COc1c(Cl)cccc1NC=S. The van der Waals surface area contributed by atoms with E-state index in [1.54, 1.807) is 20.2 Å². The van der Waals surface area contributed by atoms with Crippen molar-refractivity contribution in [3.8, 4) is 5.75 Å². The number of methoxy groups -OCH3 is 1. The molecule has 0 amide bonds. The third-order valence-corrected chi connectivity index (χ3v) is 3.57. The van der Waals surface area contributed by atoms with Crippen LogP contribution in [-0.4, -0.2) is 25.9 Å². The predicted molar refractivity (Wildman–Crippen MR) is 108 cm³/mol. The van der Waals surface area contributed by atoms with Gasteiger partial charge in [-0.1, -0.05) is 61.1 Å². The third-order valence-electron chi connectivity index (χ3n) is 3.15. The Morgan fingerprint density at radius 3 is 2.58 bits per heavy atom. The summed E-state index contributed by atoms with van der Waals surface area (Å²) in [5.74, 6) is 0.611. The van der Waals surface area contributed by atoms with Crippen LogP contribution in [0.2, 0.25) is 5.02 Å². The molecule has 0 radical (unpaired) electrons. The Bertz CT molecular complexity index is 677. The van der Waals surface area contributed by atoms with Gasteiger partial charge >= 0.3 is 0 Å². The Kier molecular flexibility index (Phi) is 9.49. The van der Waals surface area contributed by atoms with Gasteiger partial charge in [-0.05, 0) is 29.7 Å². The summed E-state index contributed by atoms with van der Waals surface area (Å²) in [5.41, 5.74) is 7.44. The highest BCUT2D eigenvalue weighted by Gasteiger charge is 2.04. The van der Waals surface area contributed by atoms with Crippen LogP contribution in [0.15, 0.2) is 47.6 Å². The lowest BCUT2D eigenvalue weighted by Gasteiger charge is -2.08. The average molecular weight is 364 g/mol. The van der Waals surface area contributed by atoms with Gasteiger partial charge in [0.05, 0.1) is 29.5 Å². The number of benzene rings is 2. The molecule has 0 atom stereocenters. The molecular formula is C18H22ClN3OS. The molecule has 0 heterocycles. The maximum atomic E-state index is 5.85. The van der Waals surface area contributed by atoms with E-state index in [-0.39, 0.29) is 0 Å². The molecule has 2 aromatic rings. The quantitative estimate of drug-likeness (QED) is 0.450. The number of hydrogen-bond donors (Lipinski definition) is 2. The molecule has 6 heteroatoms. The summed E-state index contributed by atoms with van der Waals surface area (Å²) in [4.78, 5) is 0. The number of nitrogens with one attached hydrogen (secondary N) is 2. The number of para-hydroxylation sites is 1. The Morgan fingerprint density at radius 1 is 1.21 bits per heavy atom. The molecule has 0 fully saturated rings. The minimum Gasteiger partial charge on any atom is -0.493 e. The first-order chi connectivity index (χ1) is 11.7. The fraction of sp³-hybridized carbons (Fsp3) is 0.222. The highest BCUT2D eigenvalue weighted by Crippen LogP contribution is 2.31. The van der Waals surface area contributed by atoms with Crippen molar-refractivity contribution in [2.75, 3.05) is 19.5 Å². The van der Waals surface area contributed by atoms with Crippen molar-refractivity contribution < 1.29 is 4.74 Å². The molecular weight excluding hydrogens is 342 g/mol. The number of rotatable bonds is 6. The Labute approximate surface area is 153 Å². The average Bonchev–Trinajstić information content (AvgIpc) is 2.61. The first kappa shape index (κ1) is 19.9. The smallest absolute Gasteiger partial charge is 0.160 e. The van der Waals surface area contributed by atoms with Crippen LogP contribution in [0.4, 0.5) is 5.69 Å². The second kappa shape index (κ2) is 11.4. The number of hydrazone groups is 1. The molecule has 128 valence electrons. The number of thiocarbonyl (C=S) groups is 1. The first-order valence-corrected chi connectivity index (χ1v) is 8.33. The first-order valence-electron chi connectivity index (χ1n) is 7.48. The van der Waals surface area contributed by atoms with E-state index in [1.807, 2.05) is 24.4 Å². The van der Waals surface area contributed by atoms with Crippen molar-refractivity contribution in [1.29, 1.82) is 0 Å². The van der Waals surface area contributed by atoms with E-state index in [2.05, 4.69) is 53.2 Å². The molecule has 0 bridgehead atoms. The van der Waals surface area contributed by atoms with E-state index >= 15 is 0 Å². The molecule has 0 unspecified atom stereocenters. The predicted octanol–water partition coefficient (Wildman–Crippen LogP) is 4.52. The summed E-state index contributed by atoms with van der Waals surface area (Å²) in [7, 11) is 3.36. The Morgan fingerprint density at radius 2 is 1.96 bits per heavy atom. The highest BCUT2D eigenvalue weighted by atomic mass is 35.5. The van der Waals surface area contributed by atoms with Crippen LogP contribution in [0, 0.1) is 0 Å². The van der Waals surface area contributed by atoms with Crippen LogP contribution in [0.25, 0.3) is 0 Å². The summed E-state index contributed by atoms with van der Waals surface area (Å²) >= 11 is 10.5. The minimum absolute atomic E-state index is 0.569. The van der Waals surface area contributed by atoms with Gasteiger partial charge in [0.2, 0.25) is 0 Å². The molecule has 0 spiro atoms. The summed E-state index contributed by atoms with van der Waals surface area (Å²) < 4.78 is 5.07. The summed E-state index contributed by atoms with van der Waals surface area (Å²) in [6, 6.07) is 13.7. The van der Waals surface area contributed by atoms with Crippen LogP contribution in [0.3, 0.4) is 0 Å². The van der Waals surface area contributed by atoms with Crippen molar-refractivity contribution >= 4 is 41.2 Å². The van der Waals surface area contributed by atoms with Crippen LogP contribution < -0.4 is 15.5 Å². The highest BCUT2D eigenvalue weighted by molar-refractivity contribution is 7.79. The lowest BCUT2D eigenvalue weighted by molar-refractivity contribution is 0.417. The summed E-state index contributed by atoms with van der Waals surface area (Å²) in [5, 5.41) is 7.39. The minimum atomic E-state index is 0.569. The lowest BCUT2D eigenvalue weighted by atomic mass is 10.1. The van der Waals surface area contributed by atoms with E-state index in [9.17, 15) is 0 Å². The largest absolute Gasteiger partial charge is 0.493 e. The molecule has 4 nitrogen and oxygen atoms in total. The Hall–Kier alpha value is -2.11. The molecule has 24 heavy (non-hydrogen) atoms. The van der Waals surface area contributed by atoms with Crippen LogP contribution >= 0.6 is 23.8 Å². The van der Waals surface area contributed by atoms with Gasteiger partial charge in [0.15, 0.2) is 5.75 Å². The van der Waals surface area contributed by atoms with E-state index in [4.69, 9.17) is 16.3 Å². The van der Waals surface area contributed by atoms with E-state index in [0.29, 0.717) is 10.8 Å². The standard InChI is InChI=1S/C10H14N2.C8H8ClNOS/c1-3-9-6-4-5-7-10(9)8-12-11-2;1-11-8-6(9)3-2-4-7(8)10-5-12/h4-8,11H,3H2,1-2H3;2-5H,1H3,(H,10,12)/b12-8+;. The molecule has 0 aliphatic heterocycles. The van der Waals surface area contributed by atoms with Crippen molar-refractivity contribution in [3.05, 3.63) is 58.6 Å². The maximum Gasteiger partial charge on any atom is 0.160 e. The summed E-state index contributed by atoms with van der Waals surface area (Å²) in [6.07, 6.45) is 2.89. The van der Waals surface area contributed by atoms with Gasteiger partial charge in [0, 0.05) is 7.05 Å². The van der Waals surface area contributed by atoms with Crippen LogP contribution in [0.5, 0.6) is 5.75 Å². The molecule has 2 rings (SSSR count). The zero-order valence-corrected chi connectivity index (χ0v) is 15.6. The third kappa shape index (κ3) is 6.18. The second-order valence-electron chi connectivity index (χ2n) is 4.62. The van der Waals surface area contributed by atoms with Crippen molar-refractivity contribution in [2.24, 2.45) is 5.10 Å². The summed E-state index contributed by atoms with van der Waals surface area (Å²) in [6.45, 7) is 2.14. The maximum absolute atomic E-state index is 5.85. The van der Waals surface area contributed by atoms with Gasteiger partial charge < -0.3 is 15.5 Å². The van der Waals surface area contributed by atoms with Crippen molar-refractivity contribution in [3.63, 3.8) is 0 Å². The van der Waals surface area contributed by atoms with Crippen LogP contribution in [0.1, 0.15) is 18.1 Å². The van der Waals surface area contributed by atoms with Crippen molar-refractivity contribution in [2.45, 2.75) is 13.3 Å². The molecule has 2 aromatic carbocycles. The fourth-order valence-electron chi connectivity index (χ4n) is 2.01. The van der Waals surface area contributed by atoms with Gasteiger partial charge in [-0.3, -0.25) is 0 Å². The Balaban J connectivity index is 0.000000240. The van der Waals surface area contributed by atoms with Gasteiger partial charge in [-0.25, -0.2) is 0 Å². The number of hydrogen-bond acceptors (Lipinski definition) is 4. The monoisotopic (exact) mass is 363 g/mol. The number of anilines is 1. The topological polar surface area (TPSA) is 45.7 Å². The van der Waals surface area contributed by atoms with Crippen LogP contribution in [-0.2, 0) is 6.42 Å². The zero-order chi connectivity index (χ0) is 17.8. The molecule has 0 saturated carbocycles. The van der Waals surface area contributed by atoms with Gasteiger partial charge in [0.25, 0.3) is 0 Å². The molecule has 0 aromatic heterocycles. The van der Waals surface area contributed by atoms with Gasteiger partial charge in [-0.15, -0.1) is 0 Å². The van der Waals surface area contributed by atoms with E-state index < -0.39 is 0 Å². The molecule has 0 aliphatic carbocycles.